The van der Waals surface area contributed by atoms with Crippen LogP contribution in [-0.4, -0.2) is 9.13 Å². The van der Waals surface area contributed by atoms with Gasteiger partial charge in [-0.25, -0.2) is 0 Å². The normalized spacial score (nSPS) is 11.6. The van der Waals surface area contributed by atoms with E-state index >= 15 is 0 Å². The zero-order valence-corrected chi connectivity index (χ0v) is 45.4. The lowest BCUT2D eigenvalue weighted by Gasteiger charge is -2.30. The van der Waals surface area contributed by atoms with E-state index in [1.807, 2.05) is 0 Å². The van der Waals surface area contributed by atoms with Crippen LogP contribution in [0.2, 0.25) is 0 Å². The number of hydrogen-bond donors (Lipinski definition) is 0. The summed E-state index contributed by atoms with van der Waals surface area (Å²) in [5.41, 5.74) is 21.3. The summed E-state index contributed by atoms with van der Waals surface area (Å²) in [7, 11) is 0. The number of nitrogens with zero attached hydrogens (tertiary/aromatic N) is 3. The fourth-order valence-corrected chi connectivity index (χ4v) is 12.9. The first-order valence-electron chi connectivity index (χ1n) is 28.6. The number of benzene rings is 14. The molecule has 14 aromatic carbocycles. The maximum absolute atomic E-state index is 2.53. The van der Waals surface area contributed by atoms with Gasteiger partial charge in [-0.2, -0.15) is 0 Å². The molecule has 0 saturated heterocycles. The molecule has 0 spiro atoms. The van der Waals surface area contributed by atoms with Crippen molar-refractivity contribution < 1.29 is 0 Å². The summed E-state index contributed by atoms with van der Waals surface area (Å²) in [6, 6.07) is 119. The smallest absolute Gasteiger partial charge is 0.0547 e. The quantitative estimate of drug-likeness (QED) is 0.133. The predicted molar refractivity (Wildman–Crippen MR) is 352 cm³/mol. The van der Waals surface area contributed by atoms with E-state index in [0.717, 1.165) is 89.6 Å². The fourth-order valence-electron chi connectivity index (χ4n) is 12.9. The third-order valence-electron chi connectivity index (χ3n) is 16.8. The van der Waals surface area contributed by atoms with Crippen LogP contribution in [0.5, 0.6) is 0 Å². The molecular weight excluding hydrogens is 1000 g/mol. The maximum atomic E-state index is 2.53. The van der Waals surface area contributed by atoms with Gasteiger partial charge in [0.25, 0.3) is 0 Å². The number of para-hydroxylation sites is 6. The molecule has 3 heteroatoms. The van der Waals surface area contributed by atoms with Gasteiger partial charge in [-0.05, 0) is 163 Å². The Kier molecular flexibility index (Phi) is 11.5. The van der Waals surface area contributed by atoms with E-state index in [-0.39, 0.29) is 0 Å². The molecule has 3 nitrogen and oxygen atoms in total. The predicted octanol–water partition coefficient (Wildman–Crippen LogP) is 22.0. The van der Waals surface area contributed by atoms with Crippen LogP contribution in [-0.2, 0) is 0 Å². The highest BCUT2D eigenvalue weighted by Crippen LogP contribution is 2.48. The molecule has 0 radical (unpaired) electrons. The Balaban J connectivity index is 0.994. The van der Waals surface area contributed by atoms with Crippen molar-refractivity contribution in [2.75, 3.05) is 4.90 Å². The minimum atomic E-state index is 1.03. The molecule has 0 bridgehead atoms. The average Bonchev–Trinajstić information content (AvgIpc) is 3.13. The third kappa shape index (κ3) is 8.37. The Morgan fingerprint density at radius 1 is 0.217 bits per heavy atom. The van der Waals surface area contributed by atoms with Crippen molar-refractivity contribution in [1.82, 2.24) is 9.13 Å². The van der Waals surface area contributed by atoms with Crippen LogP contribution < -0.4 is 4.90 Å². The highest BCUT2D eigenvalue weighted by molar-refractivity contribution is 6.12. The van der Waals surface area contributed by atoms with Gasteiger partial charge in [0.2, 0.25) is 0 Å². The Morgan fingerprint density at radius 2 is 0.627 bits per heavy atom. The number of anilines is 3. The van der Waals surface area contributed by atoms with E-state index in [1.165, 1.54) is 59.6 Å². The first-order valence-corrected chi connectivity index (χ1v) is 28.6. The zero-order valence-electron chi connectivity index (χ0n) is 45.4. The Morgan fingerprint density at radius 3 is 1.20 bits per heavy atom. The van der Waals surface area contributed by atoms with Gasteiger partial charge in [0.05, 0.1) is 33.4 Å². The standard InChI is InChI=1S/C80H53N3/c1-3-21-54(22-4-1)62-47-63(59-41-39-55-23-7-9-25-57(55)45-59)50-67(49-62)81(75-34-16-11-29-69(75)70-30-13-18-36-77(70)83-78-37-19-14-31-71(78)72-32-15-20-38-79(72)83)68-51-64(60-42-40-56-24-8-10-26-58(56)46-60)48-65(52-68)61-43-44-74-73-33-12-17-35-76(73)82(80(74)53-61)66-27-5-2-6-28-66/h1-53H. The minimum Gasteiger partial charge on any atom is -0.310 e. The molecule has 2 heterocycles. The summed E-state index contributed by atoms with van der Waals surface area (Å²) in [4.78, 5) is 2.53. The molecule has 16 aromatic rings. The highest BCUT2D eigenvalue weighted by atomic mass is 15.1. The van der Waals surface area contributed by atoms with Crippen LogP contribution in [0.25, 0.3) is 132 Å². The molecule has 0 amide bonds. The molecule has 2 aromatic heterocycles. The molecule has 0 unspecified atom stereocenters. The summed E-state index contributed by atoms with van der Waals surface area (Å²) < 4.78 is 4.88. The van der Waals surface area contributed by atoms with Crippen LogP contribution in [0, 0.1) is 0 Å². The number of rotatable bonds is 10. The van der Waals surface area contributed by atoms with Gasteiger partial charge in [-0.1, -0.05) is 224 Å². The molecule has 388 valence electrons. The van der Waals surface area contributed by atoms with E-state index in [9.17, 15) is 0 Å². The van der Waals surface area contributed by atoms with Crippen molar-refractivity contribution in [3.05, 3.63) is 322 Å². The van der Waals surface area contributed by atoms with Gasteiger partial charge in [-0.3, -0.25) is 0 Å². The third-order valence-corrected chi connectivity index (χ3v) is 16.8. The summed E-state index contributed by atoms with van der Waals surface area (Å²) in [6.45, 7) is 0. The van der Waals surface area contributed by atoms with Gasteiger partial charge in [-0.15, -0.1) is 0 Å². The van der Waals surface area contributed by atoms with Crippen molar-refractivity contribution in [3.8, 4) is 67.0 Å². The monoisotopic (exact) mass is 1060 g/mol. The highest BCUT2D eigenvalue weighted by Gasteiger charge is 2.24. The van der Waals surface area contributed by atoms with E-state index < -0.39 is 0 Å². The van der Waals surface area contributed by atoms with Crippen LogP contribution in [0.15, 0.2) is 322 Å². The Labute approximate surface area is 482 Å². The molecule has 83 heavy (non-hydrogen) atoms. The van der Waals surface area contributed by atoms with Crippen LogP contribution in [0.3, 0.4) is 0 Å². The van der Waals surface area contributed by atoms with Crippen molar-refractivity contribution in [2.24, 2.45) is 0 Å². The van der Waals surface area contributed by atoms with E-state index in [1.54, 1.807) is 0 Å². The second-order valence-corrected chi connectivity index (χ2v) is 21.7. The lowest BCUT2D eigenvalue weighted by atomic mass is 9.93. The summed E-state index contributed by atoms with van der Waals surface area (Å²) in [5.74, 6) is 0. The minimum absolute atomic E-state index is 1.03. The summed E-state index contributed by atoms with van der Waals surface area (Å²) in [5, 5.41) is 9.74. The van der Waals surface area contributed by atoms with Gasteiger partial charge in [0, 0.05) is 49.7 Å². The first kappa shape index (κ1) is 48.0. The second-order valence-electron chi connectivity index (χ2n) is 21.7. The Hall–Kier alpha value is -11.0. The second kappa shape index (κ2) is 20.0. The van der Waals surface area contributed by atoms with Crippen molar-refractivity contribution in [1.29, 1.82) is 0 Å². The SMILES string of the molecule is c1ccc(-c2cc(-c3ccc4ccccc4c3)cc(N(c3cc(-c4ccc5ccccc5c4)cc(-c4ccc5c6ccccc6n(-c6ccccc6)c5c4)c3)c3ccccc3-c3ccccc3-n3c4ccccc4c4ccccc43)c2)cc1. The van der Waals surface area contributed by atoms with Crippen LogP contribution in [0.4, 0.5) is 17.1 Å². The van der Waals surface area contributed by atoms with Crippen LogP contribution >= 0.6 is 0 Å². The number of aromatic nitrogens is 2. The lowest BCUT2D eigenvalue weighted by molar-refractivity contribution is 1.18. The molecule has 0 fully saturated rings. The Bertz CT molecular complexity index is 5110. The topological polar surface area (TPSA) is 13.1 Å². The number of hydrogen-bond acceptors (Lipinski definition) is 1. The van der Waals surface area contributed by atoms with Gasteiger partial charge in [0.15, 0.2) is 0 Å². The average molecular weight is 1060 g/mol. The van der Waals surface area contributed by atoms with Crippen molar-refractivity contribution >= 4 is 82.2 Å². The molecule has 0 N–H and O–H groups in total. The molecular formula is C80H53N3. The van der Waals surface area contributed by atoms with Gasteiger partial charge < -0.3 is 14.0 Å². The maximum Gasteiger partial charge on any atom is 0.0547 e. The van der Waals surface area contributed by atoms with Crippen molar-refractivity contribution in [3.63, 3.8) is 0 Å². The molecule has 0 saturated carbocycles. The zero-order chi connectivity index (χ0) is 54.8. The molecule has 0 aliphatic heterocycles. The molecule has 0 aliphatic rings. The number of fused-ring (bicyclic) bond motifs is 8. The van der Waals surface area contributed by atoms with Crippen molar-refractivity contribution in [2.45, 2.75) is 0 Å². The van der Waals surface area contributed by atoms with Gasteiger partial charge in [0.1, 0.15) is 0 Å². The van der Waals surface area contributed by atoms with Crippen LogP contribution in [0.1, 0.15) is 0 Å². The van der Waals surface area contributed by atoms with E-state index in [0.29, 0.717) is 0 Å². The lowest BCUT2D eigenvalue weighted by Crippen LogP contribution is -2.12. The fraction of sp³-hybridized carbons (Fsp3) is 0. The molecule has 0 aliphatic carbocycles. The van der Waals surface area contributed by atoms with E-state index in [4.69, 9.17) is 0 Å². The van der Waals surface area contributed by atoms with E-state index in [2.05, 4.69) is 336 Å². The van der Waals surface area contributed by atoms with Gasteiger partial charge >= 0.3 is 0 Å². The molecule has 16 rings (SSSR count). The summed E-state index contributed by atoms with van der Waals surface area (Å²) in [6.07, 6.45) is 0. The molecule has 0 atom stereocenters. The first-order chi connectivity index (χ1) is 41.1. The summed E-state index contributed by atoms with van der Waals surface area (Å²) >= 11 is 0. The largest absolute Gasteiger partial charge is 0.310 e.